The highest BCUT2D eigenvalue weighted by Crippen LogP contribution is 2.19. The van der Waals surface area contributed by atoms with Crippen LogP contribution in [0.1, 0.15) is 9.67 Å². The number of nitrogens with one attached hydrogen (secondary N) is 1. The summed E-state index contributed by atoms with van der Waals surface area (Å²) in [6.45, 7) is -1.51. The fourth-order valence-electron chi connectivity index (χ4n) is 0.801. The van der Waals surface area contributed by atoms with E-state index in [9.17, 15) is 13.6 Å². The van der Waals surface area contributed by atoms with E-state index in [1.54, 1.807) is 11.4 Å². The van der Waals surface area contributed by atoms with Crippen LogP contribution in [0.2, 0.25) is 0 Å². The zero-order valence-electron chi connectivity index (χ0n) is 8.00. The van der Waals surface area contributed by atoms with Crippen LogP contribution in [0.15, 0.2) is 15.9 Å². The minimum Gasteiger partial charge on any atom is -0.345 e. The topological polar surface area (TPSA) is 55.1 Å². The second kappa shape index (κ2) is 6.48. The Hall–Kier alpha value is -0.240. The average Bonchev–Trinajstić information content (AvgIpc) is 2.61. The molecule has 1 aromatic heterocycles. The predicted octanol–water partition coefficient (Wildman–Crippen LogP) is 2.26. The molecule has 1 amide bonds. The van der Waals surface area contributed by atoms with Crippen molar-refractivity contribution in [1.29, 1.82) is 0 Å². The Labute approximate surface area is 110 Å². The summed E-state index contributed by atoms with van der Waals surface area (Å²) < 4.78 is 26.1. The standard InChI is InChI=1S/C8H9BrF2N2OS.ClH/c9-5-1-6(15-2-5)7(14)13-4-8(10,11)3-12;/h1-2H,3-4,12H2,(H,13,14);1H. The Kier molecular flexibility index (Phi) is 6.39. The zero-order chi connectivity index (χ0) is 11.5. The largest absolute Gasteiger partial charge is 0.345 e. The summed E-state index contributed by atoms with van der Waals surface area (Å²) in [4.78, 5) is 11.7. The second-order valence-electron chi connectivity index (χ2n) is 2.87. The van der Waals surface area contributed by atoms with Crippen LogP contribution >= 0.6 is 39.7 Å². The van der Waals surface area contributed by atoms with Crippen LogP contribution in [-0.4, -0.2) is 24.9 Å². The zero-order valence-corrected chi connectivity index (χ0v) is 11.2. The molecule has 0 radical (unpaired) electrons. The van der Waals surface area contributed by atoms with Crippen molar-refractivity contribution in [3.05, 3.63) is 20.8 Å². The molecular formula is C8H10BrClF2N2OS. The van der Waals surface area contributed by atoms with Gasteiger partial charge in [0.1, 0.15) is 0 Å². The Morgan fingerprint density at radius 2 is 2.25 bits per heavy atom. The molecule has 92 valence electrons. The molecule has 3 N–H and O–H groups in total. The van der Waals surface area contributed by atoms with E-state index in [0.29, 0.717) is 4.88 Å². The summed E-state index contributed by atoms with van der Waals surface area (Å²) in [6.07, 6.45) is 0. The number of amides is 1. The molecule has 8 heteroatoms. The monoisotopic (exact) mass is 334 g/mol. The molecular weight excluding hydrogens is 326 g/mol. The third-order valence-electron chi connectivity index (χ3n) is 1.60. The lowest BCUT2D eigenvalue weighted by Crippen LogP contribution is -2.41. The Balaban J connectivity index is 0.00000225. The van der Waals surface area contributed by atoms with Gasteiger partial charge in [-0.3, -0.25) is 4.79 Å². The van der Waals surface area contributed by atoms with E-state index in [4.69, 9.17) is 5.73 Å². The first-order valence-electron chi connectivity index (χ1n) is 4.05. The molecule has 3 nitrogen and oxygen atoms in total. The van der Waals surface area contributed by atoms with Crippen LogP contribution < -0.4 is 11.1 Å². The van der Waals surface area contributed by atoms with Crippen LogP contribution in [0.3, 0.4) is 0 Å². The first-order chi connectivity index (χ1) is 6.94. The molecule has 0 bridgehead atoms. The molecule has 0 saturated carbocycles. The summed E-state index contributed by atoms with van der Waals surface area (Å²) >= 11 is 4.35. The summed E-state index contributed by atoms with van der Waals surface area (Å²) in [5.74, 6) is -3.57. The minimum atomic E-state index is -3.05. The summed E-state index contributed by atoms with van der Waals surface area (Å²) in [7, 11) is 0. The molecule has 1 heterocycles. The van der Waals surface area contributed by atoms with E-state index in [-0.39, 0.29) is 12.4 Å². The van der Waals surface area contributed by atoms with Crippen LogP contribution in [0.4, 0.5) is 8.78 Å². The lowest BCUT2D eigenvalue weighted by atomic mass is 10.3. The van der Waals surface area contributed by atoms with Crippen molar-refractivity contribution in [2.24, 2.45) is 5.73 Å². The summed E-state index contributed by atoms with van der Waals surface area (Å²) in [5.41, 5.74) is 4.83. The van der Waals surface area contributed by atoms with Crippen LogP contribution in [0.25, 0.3) is 0 Å². The summed E-state index contributed by atoms with van der Waals surface area (Å²) in [6, 6.07) is 1.57. The fraction of sp³-hybridized carbons (Fsp3) is 0.375. The van der Waals surface area contributed by atoms with Gasteiger partial charge in [0.2, 0.25) is 0 Å². The maximum atomic E-state index is 12.7. The number of halogens is 4. The van der Waals surface area contributed by atoms with Gasteiger partial charge in [-0.05, 0) is 22.0 Å². The quantitative estimate of drug-likeness (QED) is 0.887. The maximum Gasteiger partial charge on any atom is 0.277 e. The van der Waals surface area contributed by atoms with E-state index in [2.05, 4.69) is 21.2 Å². The van der Waals surface area contributed by atoms with Crippen molar-refractivity contribution in [3.8, 4) is 0 Å². The number of rotatable bonds is 4. The number of alkyl halides is 2. The SMILES string of the molecule is Cl.NCC(F)(F)CNC(=O)c1cc(Br)cs1. The van der Waals surface area contributed by atoms with Gasteiger partial charge in [-0.1, -0.05) is 0 Å². The third-order valence-corrected chi connectivity index (χ3v) is 3.29. The lowest BCUT2D eigenvalue weighted by molar-refractivity contribution is 0.0119. The molecule has 1 rings (SSSR count). The molecule has 0 aliphatic heterocycles. The van der Waals surface area contributed by atoms with Crippen LogP contribution in [-0.2, 0) is 0 Å². The molecule has 0 fully saturated rings. The molecule has 0 spiro atoms. The van der Waals surface area contributed by atoms with Crippen molar-refractivity contribution in [3.63, 3.8) is 0 Å². The van der Waals surface area contributed by atoms with Crippen molar-refractivity contribution in [2.45, 2.75) is 5.92 Å². The van der Waals surface area contributed by atoms with Crippen molar-refractivity contribution in [2.75, 3.05) is 13.1 Å². The number of carbonyl (C=O) groups is 1. The van der Waals surface area contributed by atoms with E-state index in [1.807, 2.05) is 0 Å². The Bertz CT molecular complexity index is 362. The molecule has 0 unspecified atom stereocenters. The first-order valence-corrected chi connectivity index (χ1v) is 5.72. The second-order valence-corrected chi connectivity index (χ2v) is 4.70. The molecule has 1 aromatic rings. The fourth-order valence-corrected chi connectivity index (χ4v) is 2.14. The number of thiophene rings is 1. The third kappa shape index (κ3) is 4.73. The molecule has 0 aliphatic carbocycles. The average molecular weight is 336 g/mol. The van der Waals surface area contributed by atoms with Gasteiger partial charge in [0, 0.05) is 9.85 Å². The highest BCUT2D eigenvalue weighted by Gasteiger charge is 2.27. The van der Waals surface area contributed by atoms with Crippen LogP contribution in [0.5, 0.6) is 0 Å². The van der Waals surface area contributed by atoms with Gasteiger partial charge in [-0.15, -0.1) is 23.7 Å². The first kappa shape index (κ1) is 15.8. The van der Waals surface area contributed by atoms with Crippen LogP contribution in [0, 0.1) is 0 Å². The van der Waals surface area contributed by atoms with E-state index < -0.39 is 24.9 Å². The van der Waals surface area contributed by atoms with Gasteiger partial charge in [0.15, 0.2) is 0 Å². The van der Waals surface area contributed by atoms with Crippen molar-refractivity contribution >= 4 is 45.6 Å². The number of nitrogens with two attached hydrogens (primary N) is 1. The molecule has 0 aliphatic rings. The highest BCUT2D eigenvalue weighted by molar-refractivity contribution is 9.10. The van der Waals surface area contributed by atoms with Gasteiger partial charge < -0.3 is 11.1 Å². The molecule has 16 heavy (non-hydrogen) atoms. The van der Waals surface area contributed by atoms with E-state index in [0.717, 1.165) is 4.47 Å². The van der Waals surface area contributed by atoms with E-state index >= 15 is 0 Å². The van der Waals surface area contributed by atoms with Crippen molar-refractivity contribution in [1.82, 2.24) is 5.32 Å². The number of hydrogen-bond acceptors (Lipinski definition) is 3. The van der Waals surface area contributed by atoms with Gasteiger partial charge in [0.05, 0.1) is 18.0 Å². The maximum absolute atomic E-state index is 12.7. The lowest BCUT2D eigenvalue weighted by Gasteiger charge is -2.13. The molecule has 0 atom stereocenters. The minimum absolute atomic E-state index is 0. The molecule has 0 saturated heterocycles. The number of carbonyl (C=O) groups excluding carboxylic acids is 1. The van der Waals surface area contributed by atoms with Gasteiger partial charge in [0.25, 0.3) is 11.8 Å². The smallest absolute Gasteiger partial charge is 0.277 e. The normalized spacial score (nSPS) is 10.8. The van der Waals surface area contributed by atoms with Gasteiger partial charge in [-0.25, -0.2) is 8.78 Å². The predicted molar refractivity (Wildman–Crippen MR) is 65.6 cm³/mol. The Morgan fingerprint density at radius 1 is 1.62 bits per heavy atom. The van der Waals surface area contributed by atoms with Gasteiger partial charge >= 0.3 is 0 Å². The summed E-state index contributed by atoms with van der Waals surface area (Å²) in [5, 5.41) is 3.83. The molecule has 0 aromatic carbocycles. The van der Waals surface area contributed by atoms with E-state index in [1.165, 1.54) is 11.3 Å². The number of hydrogen-bond donors (Lipinski definition) is 2. The van der Waals surface area contributed by atoms with Gasteiger partial charge in [-0.2, -0.15) is 0 Å². The highest BCUT2D eigenvalue weighted by atomic mass is 79.9. The Morgan fingerprint density at radius 3 is 2.69 bits per heavy atom. The van der Waals surface area contributed by atoms with Crippen molar-refractivity contribution < 1.29 is 13.6 Å².